The molecule has 2 aromatic heterocycles. The van der Waals surface area contributed by atoms with E-state index >= 15 is 0 Å². The standard InChI is InChI=1S/C28H32IN5O2S/c1-21-4-10-25(11-5-21)37(35,36)34-20-27(29)26-18-23(19-30-28(26)34)22-6-8-24(9-7-22)33-16-14-32(15-17-33)13-12-31(2)3/h4-11,18-20H,12-17H2,1-3H3. The number of pyridine rings is 1. The van der Waals surface area contributed by atoms with Gasteiger partial charge in [0.25, 0.3) is 10.0 Å². The van der Waals surface area contributed by atoms with E-state index in [4.69, 9.17) is 0 Å². The molecule has 0 amide bonds. The Morgan fingerprint density at radius 1 is 0.946 bits per heavy atom. The molecule has 4 aromatic rings. The molecule has 7 nitrogen and oxygen atoms in total. The van der Waals surface area contributed by atoms with E-state index in [0.29, 0.717) is 5.65 Å². The Balaban J connectivity index is 1.35. The Bertz CT molecular complexity index is 1490. The fourth-order valence-corrected chi connectivity index (χ4v) is 6.83. The van der Waals surface area contributed by atoms with Gasteiger partial charge in [-0.25, -0.2) is 17.4 Å². The van der Waals surface area contributed by atoms with Gasteiger partial charge in [0.1, 0.15) is 0 Å². The van der Waals surface area contributed by atoms with Crippen LogP contribution in [0.15, 0.2) is 71.9 Å². The van der Waals surface area contributed by atoms with Crippen molar-refractivity contribution in [3.8, 4) is 11.1 Å². The van der Waals surface area contributed by atoms with E-state index in [9.17, 15) is 8.42 Å². The van der Waals surface area contributed by atoms with Crippen LogP contribution in [-0.4, -0.2) is 80.5 Å². The van der Waals surface area contributed by atoms with Gasteiger partial charge < -0.3 is 9.80 Å². The highest BCUT2D eigenvalue weighted by atomic mass is 127. The lowest BCUT2D eigenvalue weighted by atomic mass is 10.1. The van der Waals surface area contributed by atoms with Gasteiger partial charge in [0.2, 0.25) is 0 Å². The normalized spacial score (nSPS) is 15.1. The molecule has 3 heterocycles. The monoisotopic (exact) mass is 629 g/mol. The molecular formula is C28H32IN5O2S. The minimum atomic E-state index is -3.73. The first-order valence-electron chi connectivity index (χ1n) is 12.4. The molecule has 0 spiro atoms. The van der Waals surface area contributed by atoms with Crippen LogP contribution in [0.2, 0.25) is 0 Å². The summed E-state index contributed by atoms with van der Waals surface area (Å²) in [5.74, 6) is 0. The molecule has 0 aliphatic carbocycles. The van der Waals surface area contributed by atoms with Crippen LogP contribution in [0, 0.1) is 10.5 Å². The minimum Gasteiger partial charge on any atom is -0.369 e. The first-order chi connectivity index (χ1) is 17.7. The highest BCUT2D eigenvalue weighted by Gasteiger charge is 2.22. The molecule has 1 fully saturated rings. The van der Waals surface area contributed by atoms with Gasteiger partial charge in [-0.15, -0.1) is 0 Å². The van der Waals surface area contributed by atoms with Crippen molar-refractivity contribution in [2.75, 3.05) is 58.3 Å². The lowest BCUT2D eigenvalue weighted by molar-refractivity contribution is 0.229. The van der Waals surface area contributed by atoms with Crippen molar-refractivity contribution in [3.05, 3.63) is 76.1 Å². The number of nitrogens with zero attached hydrogens (tertiary/aromatic N) is 5. The van der Waals surface area contributed by atoms with Crippen molar-refractivity contribution in [3.63, 3.8) is 0 Å². The number of hydrogen-bond acceptors (Lipinski definition) is 6. The van der Waals surface area contributed by atoms with Crippen LogP contribution in [0.25, 0.3) is 22.2 Å². The SMILES string of the molecule is Cc1ccc(S(=O)(=O)n2cc(I)c3cc(-c4ccc(N5CCN(CCN(C)C)CC5)cc4)cnc32)cc1. The first kappa shape index (κ1) is 26.1. The van der Waals surface area contributed by atoms with Gasteiger partial charge in [-0.05, 0) is 79.5 Å². The summed E-state index contributed by atoms with van der Waals surface area (Å²) in [7, 11) is 0.509. The second kappa shape index (κ2) is 10.7. The second-order valence-electron chi connectivity index (χ2n) is 9.86. The van der Waals surface area contributed by atoms with E-state index < -0.39 is 10.0 Å². The highest BCUT2D eigenvalue weighted by molar-refractivity contribution is 14.1. The van der Waals surface area contributed by atoms with Gasteiger partial charge in [-0.3, -0.25) is 4.90 Å². The van der Waals surface area contributed by atoms with Crippen molar-refractivity contribution in [2.24, 2.45) is 0 Å². The molecule has 0 atom stereocenters. The summed E-state index contributed by atoms with van der Waals surface area (Å²) in [4.78, 5) is 12.1. The Morgan fingerprint density at radius 2 is 1.62 bits per heavy atom. The Kier molecular flexibility index (Phi) is 7.58. The number of benzene rings is 2. The predicted molar refractivity (Wildman–Crippen MR) is 159 cm³/mol. The molecule has 37 heavy (non-hydrogen) atoms. The molecule has 5 rings (SSSR count). The van der Waals surface area contributed by atoms with Gasteiger partial charge >= 0.3 is 0 Å². The fraction of sp³-hybridized carbons (Fsp3) is 0.321. The number of hydrogen-bond donors (Lipinski definition) is 0. The molecule has 1 saturated heterocycles. The van der Waals surface area contributed by atoms with Crippen molar-refractivity contribution in [2.45, 2.75) is 11.8 Å². The Labute approximate surface area is 232 Å². The summed E-state index contributed by atoms with van der Waals surface area (Å²) in [6.45, 7) is 8.36. The van der Waals surface area contributed by atoms with E-state index in [-0.39, 0.29) is 4.90 Å². The summed E-state index contributed by atoms with van der Waals surface area (Å²) in [5.41, 5.74) is 4.72. The van der Waals surface area contributed by atoms with Crippen LogP contribution in [-0.2, 0) is 10.0 Å². The summed E-state index contributed by atoms with van der Waals surface area (Å²) in [5, 5.41) is 0.826. The molecule has 1 aliphatic heterocycles. The number of anilines is 1. The maximum atomic E-state index is 13.3. The first-order valence-corrected chi connectivity index (χ1v) is 15.0. The van der Waals surface area contributed by atoms with E-state index in [2.05, 4.69) is 80.6 Å². The van der Waals surface area contributed by atoms with Gasteiger partial charge in [-0.2, -0.15) is 0 Å². The Hall–Kier alpha value is -2.47. The number of rotatable bonds is 7. The fourth-order valence-electron chi connectivity index (χ4n) is 4.64. The number of fused-ring (bicyclic) bond motifs is 1. The molecule has 0 radical (unpaired) electrons. The minimum absolute atomic E-state index is 0.256. The predicted octanol–water partition coefficient (Wildman–Crippen LogP) is 4.54. The van der Waals surface area contributed by atoms with Crippen LogP contribution < -0.4 is 4.90 Å². The molecule has 9 heteroatoms. The van der Waals surface area contributed by atoms with Crippen molar-refractivity contribution in [1.82, 2.24) is 18.8 Å². The molecule has 1 aliphatic rings. The van der Waals surface area contributed by atoms with E-state index in [1.807, 2.05) is 25.1 Å². The maximum Gasteiger partial charge on any atom is 0.269 e. The highest BCUT2D eigenvalue weighted by Crippen LogP contribution is 2.30. The third-order valence-corrected chi connectivity index (χ3v) is 9.47. The molecule has 0 bridgehead atoms. The number of likely N-dealkylation sites (N-methyl/N-ethyl adjacent to an activating group) is 1. The lowest BCUT2D eigenvalue weighted by Gasteiger charge is -2.36. The van der Waals surface area contributed by atoms with E-state index in [1.165, 1.54) is 9.66 Å². The maximum absolute atomic E-state index is 13.3. The topological polar surface area (TPSA) is 61.7 Å². The molecule has 194 valence electrons. The van der Waals surface area contributed by atoms with E-state index in [1.54, 1.807) is 24.5 Å². The zero-order chi connectivity index (χ0) is 26.2. The third kappa shape index (κ3) is 5.55. The lowest BCUT2D eigenvalue weighted by Crippen LogP contribution is -2.48. The smallest absolute Gasteiger partial charge is 0.269 e. The summed E-state index contributed by atoms with van der Waals surface area (Å²) < 4.78 is 28.8. The summed E-state index contributed by atoms with van der Waals surface area (Å²) in [6.07, 6.45) is 3.41. The third-order valence-electron chi connectivity index (χ3n) is 6.94. The van der Waals surface area contributed by atoms with Crippen LogP contribution in [0.3, 0.4) is 0 Å². The van der Waals surface area contributed by atoms with Crippen LogP contribution in [0.4, 0.5) is 5.69 Å². The average Bonchev–Trinajstić information content (AvgIpc) is 3.25. The number of halogens is 1. The largest absolute Gasteiger partial charge is 0.369 e. The van der Waals surface area contributed by atoms with Gasteiger partial charge in [-0.1, -0.05) is 29.8 Å². The second-order valence-corrected chi connectivity index (χ2v) is 12.8. The quantitative estimate of drug-likeness (QED) is 0.280. The zero-order valence-electron chi connectivity index (χ0n) is 21.4. The van der Waals surface area contributed by atoms with Gasteiger partial charge in [0, 0.05) is 71.9 Å². The van der Waals surface area contributed by atoms with Gasteiger partial charge in [0.15, 0.2) is 5.65 Å². The summed E-state index contributed by atoms with van der Waals surface area (Å²) in [6, 6.07) is 17.5. The Morgan fingerprint density at radius 3 is 2.27 bits per heavy atom. The average molecular weight is 630 g/mol. The van der Waals surface area contributed by atoms with Crippen LogP contribution >= 0.6 is 22.6 Å². The summed E-state index contributed by atoms with van der Waals surface area (Å²) >= 11 is 2.19. The number of aromatic nitrogens is 2. The van der Waals surface area contributed by atoms with Gasteiger partial charge in [0.05, 0.1) is 4.90 Å². The van der Waals surface area contributed by atoms with Crippen LogP contribution in [0.1, 0.15) is 5.56 Å². The van der Waals surface area contributed by atoms with Crippen molar-refractivity contribution < 1.29 is 8.42 Å². The molecule has 2 aromatic carbocycles. The molecule has 0 unspecified atom stereocenters. The molecule has 0 saturated carbocycles. The van der Waals surface area contributed by atoms with Crippen LogP contribution in [0.5, 0.6) is 0 Å². The molecule has 0 N–H and O–H groups in total. The molecular weight excluding hydrogens is 597 g/mol. The van der Waals surface area contributed by atoms with Crippen molar-refractivity contribution in [1.29, 1.82) is 0 Å². The van der Waals surface area contributed by atoms with Crippen molar-refractivity contribution >= 4 is 49.3 Å². The number of piperazine rings is 1. The zero-order valence-corrected chi connectivity index (χ0v) is 24.4. The van der Waals surface area contributed by atoms with E-state index in [0.717, 1.165) is 64.9 Å². The number of aryl methyl sites for hydroxylation is 1.